The Kier molecular flexibility index (Phi) is 3.82. The van der Waals surface area contributed by atoms with Crippen LogP contribution in [0.4, 0.5) is 11.4 Å². The van der Waals surface area contributed by atoms with E-state index in [9.17, 15) is 5.11 Å². The van der Waals surface area contributed by atoms with Gasteiger partial charge in [0.1, 0.15) is 5.71 Å². The molecule has 6 heteroatoms. The van der Waals surface area contributed by atoms with E-state index in [0.717, 1.165) is 11.4 Å². The van der Waals surface area contributed by atoms with E-state index < -0.39 is 0 Å². The van der Waals surface area contributed by atoms with Crippen LogP contribution in [0.5, 0.6) is 0 Å². The smallest absolute Gasteiger partial charge is 0.158 e. The SMILES string of the molecule is CN1NC(CO)C(=Nc2ccc(N(C)C)cc2)C1=N. The molecule has 1 atom stereocenters. The van der Waals surface area contributed by atoms with Gasteiger partial charge in [-0.3, -0.25) is 10.4 Å². The lowest BCUT2D eigenvalue weighted by atomic mass is 10.2. The predicted molar refractivity (Wildman–Crippen MR) is 77.4 cm³/mol. The van der Waals surface area contributed by atoms with E-state index in [2.05, 4.69) is 10.4 Å². The van der Waals surface area contributed by atoms with Gasteiger partial charge >= 0.3 is 0 Å². The molecule has 0 amide bonds. The van der Waals surface area contributed by atoms with Gasteiger partial charge in [0.25, 0.3) is 0 Å². The lowest BCUT2D eigenvalue weighted by molar-refractivity contribution is 0.241. The first-order chi connectivity index (χ1) is 9.02. The van der Waals surface area contributed by atoms with Crippen LogP contribution >= 0.6 is 0 Å². The van der Waals surface area contributed by atoms with Crippen molar-refractivity contribution in [2.45, 2.75) is 6.04 Å². The third kappa shape index (κ3) is 2.74. The quantitative estimate of drug-likeness (QED) is 0.745. The number of amidine groups is 1. The molecule has 0 aromatic heterocycles. The van der Waals surface area contributed by atoms with E-state index in [-0.39, 0.29) is 18.5 Å². The highest BCUT2D eigenvalue weighted by Crippen LogP contribution is 2.19. The number of hydrogen-bond acceptors (Lipinski definition) is 5. The monoisotopic (exact) mass is 261 g/mol. The molecule has 1 unspecified atom stereocenters. The van der Waals surface area contributed by atoms with Gasteiger partial charge in [-0.2, -0.15) is 0 Å². The van der Waals surface area contributed by atoms with Crippen LogP contribution in [0.15, 0.2) is 29.3 Å². The van der Waals surface area contributed by atoms with Crippen molar-refractivity contribution >= 4 is 22.9 Å². The Morgan fingerprint density at radius 3 is 2.53 bits per heavy atom. The number of hydrogen-bond donors (Lipinski definition) is 3. The maximum atomic E-state index is 9.29. The highest BCUT2D eigenvalue weighted by molar-refractivity contribution is 6.44. The molecular formula is C13H19N5O. The molecular weight excluding hydrogens is 242 g/mol. The van der Waals surface area contributed by atoms with Crippen LogP contribution in [0.1, 0.15) is 0 Å². The van der Waals surface area contributed by atoms with Crippen LogP contribution in [0, 0.1) is 5.41 Å². The lowest BCUT2D eigenvalue weighted by Crippen LogP contribution is -2.36. The fourth-order valence-corrected chi connectivity index (χ4v) is 1.92. The fraction of sp³-hybridized carbons (Fsp3) is 0.385. The Hall–Kier alpha value is -1.92. The van der Waals surface area contributed by atoms with Gasteiger partial charge in [0.05, 0.1) is 18.3 Å². The molecule has 0 spiro atoms. The molecule has 0 saturated carbocycles. The molecule has 1 heterocycles. The molecule has 0 aliphatic carbocycles. The normalized spacial score (nSPS) is 21.3. The molecule has 0 radical (unpaired) electrons. The number of hydrazine groups is 1. The number of aliphatic hydroxyl groups is 1. The molecule has 1 aliphatic rings. The van der Waals surface area contributed by atoms with Gasteiger partial charge in [0, 0.05) is 26.8 Å². The zero-order chi connectivity index (χ0) is 14.0. The minimum Gasteiger partial charge on any atom is -0.394 e. The van der Waals surface area contributed by atoms with Gasteiger partial charge in [0.2, 0.25) is 0 Å². The lowest BCUT2D eigenvalue weighted by Gasteiger charge is -2.12. The van der Waals surface area contributed by atoms with Crippen molar-refractivity contribution in [2.75, 3.05) is 32.6 Å². The summed E-state index contributed by atoms with van der Waals surface area (Å²) in [4.78, 5) is 6.47. The summed E-state index contributed by atoms with van der Waals surface area (Å²) < 4.78 is 0. The van der Waals surface area contributed by atoms with Crippen molar-refractivity contribution in [3.8, 4) is 0 Å². The van der Waals surface area contributed by atoms with E-state index in [1.54, 1.807) is 12.1 Å². The number of nitrogens with one attached hydrogen (secondary N) is 2. The molecule has 6 nitrogen and oxygen atoms in total. The second-order valence-electron chi connectivity index (χ2n) is 4.68. The maximum Gasteiger partial charge on any atom is 0.158 e. The topological polar surface area (TPSA) is 75.0 Å². The maximum absolute atomic E-state index is 9.29. The summed E-state index contributed by atoms with van der Waals surface area (Å²) in [6.45, 7) is -0.0820. The Morgan fingerprint density at radius 1 is 1.37 bits per heavy atom. The Morgan fingerprint density at radius 2 is 2.00 bits per heavy atom. The summed E-state index contributed by atoms with van der Waals surface area (Å²) >= 11 is 0. The van der Waals surface area contributed by atoms with Crippen molar-refractivity contribution in [2.24, 2.45) is 4.99 Å². The van der Waals surface area contributed by atoms with E-state index >= 15 is 0 Å². The number of nitrogens with zero attached hydrogens (tertiary/aromatic N) is 3. The zero-order valence-corrected chi connectivity index (χ0v) is 11.4. The summed E-state index contributed by atoms with van der Waals surface area (Å²) in [5.74, 6) is 0.288. The van der Waals surface area contributed by atoms with Crippen LogP contribution < -0.4 is 10.3 Å². The molecule has 2 rings (SSSR count). The van der Waals surface area contributed by atoms with Gasteiger partial charge in [-0.05, 0) is 24.3 Å². The van der Waals surface area contributed by atoms with Gasteiger partial charge < -0.3 is 10.0 Å². The highest BCUT2D eigenvalue weighted by Gasteiger charge is 2.30. The summed E-state index contributed by atoms with van der Waals surface area (Å²) in [7, 11) is 5.70. The average Bonchev–Trinajstić information content (AvgIpc) is 2.67. The van der Waals surface area contributed by atoms with Gasteiger partial charge in [-0.25, -0.2) is 10.4 Å². The molecule has 1 aromatic carbocycles. The Balaban J connectivity index is 2.27. The third-order valence-corrected chi connectivity index (χ3v) is 3.06. The van der Waals surface area contributed by atoms with Gasteiger partial charge in [0.15, 0.2) is 5.84 Å². The van der Waals surface area contributed by atoms with E-state index in [1.165, 1.54) is 0 Å². The van der Waals surface area contributed by atoms with Crippen molar-refractivity contribution in [1.29, 1.82) is 5.41 Å². The van der Waals surface area contributed by atoms with Crippen LogP contribution in [0.3, 0.4) is 0 Å². The first-order valence-electron chi connectivity index (χ1n) is 6.08. The minimum absolute atomic E-state index is 0.0820. The van der Waals surface area contributed by atoms with Crippen LogP contribution in [0.25, 0.3) is 0 Å². The van der Waals surface area contributed by atoms with E-state index in [0.29, 0.717) is 5.71 Å². The van der Waals surface area contributed by atoms with Crippen molar-refractivity contribution in [3.05, 3.63) is 24.3 Å². The van der Waals surface area contributed by atoms with Crippen molar-refractivity contribution < 1.29 is 5.11 Å². The molecule has 1 aliphatic heterocycles. The van der Waals surface area contributed by atoms with E-state index in [4.69, 9.17) is 5.41 Å². The molecule has 1 fully saturated rings. The first kappa shape index (κ1) is 13.5. The molecule has 19 heavy (non-hydrogen) atoms. The van der Waals surface area contributed by atoms with Crippen LogP contribution in [-0.2, 0) is 0 Å². The summed E-state index contributed by atoms with van der Waals surface area (Å²) in [6, 6.07) is 7.45. The van der Waals surface area contributed by atoms with Crippen molar-refractivity contribution in [1.82, 2.24) is 10.4 Å². The number of benzene rings is 1. The number of anilines is 1. The summed E-state index contributed by atoms with van der Waals surface area (Å²) in [6.07, 6.45) is 0. The highest BCUT2D eigenvalue weighted by atomic mass is 16.3. The minimum atomic E-state index is -0.314. The average molecular weight is 261 g/mol. The molecule has 3 N–H and O–H groups in total. The van der Waals surface area contributed by atoms with Gasteiger partial charge in [-0.1, -0.05) is 0 Å². The van der Waals surface area contributed by atoms with E-state index in [1.807, 2.05) is 43.3 Å². The predicted octanol–water partition coefficient (Wildman–Crippen LogP) is 0.613. The van der Waals surface area contributed by atoms with Crippen LogP contribution in [-0.4, -0.2) is 55.5 Å². The zero-order valence-electron chi connectivity index (χ0n) is 11.4. The number of aliphatic hydroxyl groups excluding tert-OH is 1. The standard InChI is InChI=1S/C13H19N5O/c1-17(2)10-6-4-9(5-7-10)15-12-11(8-19)16-18(3)13(12)14/h4-7,11,14,16,19H,8H2,1-3H3. The number of aliphatic imine (C=N–C) groups is 1. The third-order valence-electron chi connectivity index (χ3n) is 3.06. The van der Waals surface area contributed by atoms with Gasteiger partial charge in [-0.15, -0.1) is 0 Å². The largest absolute Gasteiger partial charge is 0.394 e. The molecule has 1 aromatic rings. The molecule has 1 saturated heterocycles. The fourth-order valence-electron chi connectivity index (χ4n) is 1.92. The number of rotatable bonds is 3. The molecule has 0 bridgehead atoms. The Bertz CT molecular complexity index is 494. The van der Waals surface area contributed by atoms with Crippen LogP contribution in [0.2, 0.25) is 0 Å². The first-order valence-corrected chi connectivity index (χ1v) is 6.08. The summed E-state index contributed by atoms with van der Waals surface area (Å²) in [5.41, 5.74) is 5.41. The Labute approximate surface area is 112 Å². The second kappa shape index (κ2) is 5.38. The second-order valence-corrected chi connectivity index (χ2v) is 4.68. The summed E-state index contributed by atoms with van der Waals surface area (Å²) in [5, 5.41) is 18.8. The van der Waals surface area contributed by atoms with Crippen molar-refractivity contribution in [3.63, 3.8) is 0 Å². The molecule has 102 valence electrons.